The van der Waals surface area contributed by atoms with Crippen molar-refractivity contribution in [3.05, 3.63) is 54.2 Å². The molecule has 3 aromatic rings. The van der Waals surface area contributed by atoms with Gasteiger partial charge in [0.05, 0.1) is 5.56 Å². The Morgan fingerprint density at radius 2 is 2.05 bits per heavy atom. The normalized spacial score (nSPS) is 10.5. The molecule has 0 aliphatic carbocycles. The van der Waals surface area contributed by atoms with Crippen molar-refractivity contribution in [3.8, 4) is 11.6 Å². The van der Waals surface area contributed by atoms with E-state index in [-0.39, 0.29) is 12.6 Å². The summed E-state index contributed by atoms with van der Waals surface area (Å²) in [6, 6.07) is 12.6. The van der Waals surface area contributed by atoms with E-state index in [0.717, 1.165) is 5.69 Å². The molecular weight excluding hydrogens is 302 g/mol. The van der Waals surface area contributed by atoms with Crippen molar-refractivity contribution in [2.45, 2.75) is 5.22 Å². The molecule has 0 radical (unpaired) electrons. The number of ether oxygens (including phenoxy) is 1. The Balaban J connectivity index is 1.45. The average Bonchev–Trinajstić information content (AvgIpc) is 3.23. The molecule has 2 aromatic heterocycles. The largest absolute Gasteiger partial charge is 0.461 e. The zero-order valence-electron chi connectivity index (χ0n) is 11.6. The Morgan fingerprint density at radius 1 is 1.18 bits per heavy atom. The van der Waals surface area contributed by atoms with Gasteiger partial charge in [-0.05, 0) is 24.3 Å². The molecule has 0 aliphatic heterocycles. The van der Waals surface area contributed by atoms with Crippen LogP contribution < -0.4 is 0 Å². The first-order valence-electron chi connectivity index (χ1n) is 6.65. The highest BCUT2D eigenvalue weighted by Crippen LogP contribution is 2.21. The van der Waals surface area contributed by atoms with Crippen LogP contribution in [-0.2, 0) is 4.74 Å². The summed E-state index contributed by atoms with van der Waals surface area (Å²) >= 11 is 1.34. The van der Waals surface area contributed by atoms with Crippen LogP contribution in [0.25, 0.3) is 11.6 Å². The predicted octanol–water partition coefficient (Wildman–Crippen LogP) is 3.01. The predicted molar refractivity (Wildman–Crippen MR) is 81.5 cm³/mol. The van der Waals surface area contributed by atoms with E-state index in [1.54, 1.807) is 30.5 Å². The molecule has 0 amide bonds. The maximum absolute atomic E-state index is 11.7. The third kappa shape index (κ3) is 3.56. The minimum atomic E-state index is -0.334. The molecule has 7 heteroatoms. The van der Waals surface area contributed by atoms with Crippen LogP contribution in [0.1, 0.15) is 10.4 Å². The van der Waals surface area contributed by atoms with Crippen LogP contribution in [0.5, 0.6) is 0 Å². The molecule has 0 saturated carbocycles. The van der Waals surface area contributed by atoms with E-state index in [2.05, 4.69) is 15.2 Å². The summed E-state index contributed by atoms with van der Waals surface area (Å²) in [6.45, 7) is 0.276. The van der Waals surface area contributed by atoms with E-state index < -0.39 is 0 Å². The second-order valence-corrected chi connectivity index (χ2v) is 5.35. The summed E-state index contributed by atoms with van der Waals surface area (Å²) in [5.74, 6) is 0.651. The molecule has 3 rings (SSSR count). The summed E-state index contributed by atoms with van der Waals surface area (Å²) in [4.78, 5) is 14.7. The van der Waals surface area contributed by atoms with Gasteiger partial charge in [0.15, 0.2) is 0 Å². The Hall–Kier alpha value is -2.54. The lowest BCUT2D eigenvalue weighted by molar-refractivity contribution is 0.0530. The summed E-state index contributed by atoms with van der Waals surface area (Å²) in [5, 5.41) is 8.32. The van der Waals surface area contributed by atoms with Crippen molar-refractivity contribution in [2.75, 3.05) is 12.4 Å². The van der Waals surface area contributed by atoms with Crippen molar-refractivity contribution in [3.63, 3.8) is 0 Å². The fraction of sp³-hybridized carbons (Fsp3) is 0.133. The topological polar surface area (TPSA) is 81.0 Å². The number of hydrogen-bond acceptors (Lipinski definition) is 6. The quantitative estimate of drug-likeness (QED) is 0.428. The SMILES string of the molecule is O=C(OCCSc1nnc(-c2ccc[nH]2)o1)c1ccccc1. The molecule has 0 atom stereocenters. The second-order valence-electron chi connectivity index (χ2n) is 4.31. The van der Waals surface area contributed by atoms with Gasteiger partial charge < -0.3 is 14.1 Å². The van der Waals surface area contributed by atoms with E-state index in [9.17, 15) is 4.79 Å². The number of thioether (sulfide) groups is 1. The molecule has 0 spiro atoms. The van der Waals surface area contributed by atoms with Gasteiger partial charge in [-0.1, -0.05) is 30.0 Å². The van der Waals surface area contributed by atoms with Crippen LogP contribution in [0.4, 0.5) is 0 Å². The number of rotatable bonds is 6. The molecule has 2 heterocycles. The Bertz CT molecular complexity index is 726. The smallest absolute Gasteiger partial charge is 0.338 e. The number of carbonyl (C=O) groups is 1. The van der Waals surface area contributed by atoms with Crippen molar-refractivity contribution in [1.29, 1.82) is 0 Å². The van der Waals surface area contributed by atoms with Crippen LogP contribution in [0.2, 0.25) is 0 Å². The van der Waals surface area contributed by atoms with Gasteiger partial charge >= 0.3 is 5.97 Å². The van der Waals surface area contributed by atoms with Crippen molar-refractivity contribution < 1.29 is 13.9 Å². The maximum atomic E-state index is 11.7. The fourth-order valence-electron chi connectivity index (χ4n) is 1.76. The Labute approximate surface area is 130 Å². The molecule has 1 N–H and O–H groups in total. The fourth-order valence-corrected chi connectivity index (χ4v) is 2.34. The van der Waals surface area contributed by atoms with Crippen LogP contribution in [0.3, 0.4) is 0 Å². The van der Waals surface area contributed by atoms with Crippen molar-refractivity contribution >= 4 is 17.7 Å². The lowest BCUT2D eigenvalue weighted by atomic mass is 10.2. The number of aromatic amines is 1. The number of hydrogen-bond donors (Lipinski definition) is 1. The molecule has 1 aromatic carbocycles. The first-order valence-corrected chi connectivity index (χ1v) is 7.64. The van der Waals surface area contributed by atoms with E-state index in [0.29, 0.717) is 22.4 Å². The number of H-pyrrole nitrogens is 1. The van der Waals surface area contributed by atoms with Gasteiger partial charge in [0.25, 0.3) is 11.1 Å². The molecule has 0 unspecified atom stereocenters. The average molecular weight is 315 g/mol. The zero-order chi connectivity index (χ0) is 15.2. The second kappa shape index (κ2) is 6.95. The number of benzene rings is 1. The van der Waals surface area contributed by atoms with Gasteiger partial charge in [-0.2, -0.15) is 0 Å². The highest BCUT2D eigenvalue weighted by molar-refractivity contribution is 7.99. The molecule has 0 bridgehead atoms. The molecule has 0 aliphatic rings. The number of esters is 1. The molecular formula is C15H13N3O3S. The lowest BCUT2D eigenvalue weighted by Gasteiger charge is -2.02. The third-order valence-electron chi connectivity index (χ3n) is 2.79. The third-order valence-corrected chi connectivity index (χ3v) is 3.57. The van der Waals surface area contributed by atoms with Crippen LogP contribution >= 0.6 is 11.8 Å². The van der Waals surface area contributed by atoms with Gasteiger partial charge in [0.1, 0.15) is 12.3 Å². The summed E-state index contributed by atoms with van der Waals surface area (Å²) in [6.07, 6.45) is 1.79. The molecule has 0 saturated heterocycles. The van der Waals surface area contributed by atoms with E-state index >= 15 is 0 Å². The zero-order valence-corrected chi connectivity index (χ0v) is 12.4. The minimum absolute atomic E-state index is 0.276. The summed E-state index contributed by atoms with van der Waals surface area (Å²) < 4.78 is 10.7. The maximum Gasteiger partial charge on any atom is 0.338 e. The number of carbonyl (C=O) groups excluding carboxylic acids is 1. The Kier molecular flexibility index (Phi) is 4.55. The van der Waals surface area contributed by atoms with Crippen molar-refractivity contribution in [2.24, 2.45) is 0 Å². The first kappa shape index (κ1) is 14.4. The van der Waals surface area contributed by atoms with Crippen molar-refractivity contribution in [1.82, 2.24) is 15.2 Å². The van der Waals surface area contributed by atoms with Gasteiger partial charge in [0, 0.05) is 11.9 Å². The number of aromatic nitrogens is 3. The monoisotopic (exact) mass is 315 g/mol. The lowest BCUT2D eigenvalue weighted by Crippen LogP contribution is -2.07. The highest BCUT2D eigenvalue weighted by Gasteiger charge is 2.10. The van der Waals surface area contributed by atoms with E-state index in [1.807, 2.05) is 18.2 Å². The van der Waals surface area contributed by atoms with Crippen LogP contribution in [0.15, 0.2) is 58.3 Å². The van der Waals surface area contributed by atoms with Gasteiger partial charge in [-0.3, -0.25) is 0 Å². The summed E-state index contributed by atoms with van der Waals surface area (Å²) in [7, 11) is 0. The summed E-state index contributed by atoms with van der Waals surface area (Å²) in [5.41, 5.74) is 1.31. The molecule has 0 fully saturated rings. The standard InChI is InChI=1S/C15H13N3O3S/c19-14(11-5-2-1-3-6-11)20-9-10-22-15-18-17-13(21-15)12-7-4-8-16-12/h1-8,16H,9-10H2. The molecule has 112 valence electrons. The molecule has 6 nitrogen and oxygen atoms in total. The number of nitrogens with zero attached hydrogens (tertiary/aromatic N) is 2. The minimum Gasteiger partial charge on any atom is -0.461 e. The van der Waals surface area contributed by atoms with E-state index in [1.165, 1.54) is 11.8 Å². The van der Waals surface area contributed by atoms with Gasteiger partial charge in [-0.15, -0.1) is 10.2 Å². The highest BCUT2D eigenvalue weighted by atomic mass is 32.2. The van der Waals surface area contributed by atoms with Gasteiger partial charge in [-0.25, -0.2) is 4.79 Å². The Morgan fingerprint density at radius 3 is 2.82 bits per heavy atom. The first-order chi connectivity index (χ1) is 10.8. The van der Waals surface area contributed by atoms with Crippen LogP contribution in [0, 0.1) is 0 Å². The van der Waals surface area contributed by atoms with Gasteiger partial charge in [0.2, 0.25) is 0 Å². The van der Waals surface area contributed by atoms with Crippen LogP contribution in [-0.4, -0.2) is 33.5 Å². The van der Waals surface area contributed by atoms with E-state index in [4.69, 9.17) is 9.15 Å². The molecule has 22 heavy (non-hydrogen) atoms. The number of nitrogens with one attached hydrogen (secondary N) is 1.